The third-order valence-electron chi connectivity index (χ3n) is 10.0. The molecule has 1 heterocycles. The predicted molar refractivity (Wildman–Crippen MR) is 238 cm³/mol. The molecule has 0 fully saturated rings. The molecular formula is C47H43IN4O9. The predicted octanol–water partition coefficient (Wildman–Crippen LogP) is 7.33. The molecule has 0 saturated heterocycles. The third-order valence-corrected chi connectivity index (χ3v) is 10.9. The van der Waals surface area contributed by atoms with Crippen LogP contribution < -0.4 is 20.7 Å². The highest BCUT2D eigenvalue weighted by atomic mass is 127. The fourth-order valence-electron chi connectivity index (χ4n) is 6.79. The van der Waals surface area contributed by atoms with E-state index >= 15 is 0 Å². The van der Waals surface area contributed by atoms with Gasteiger partial charge in [-0.2, -0.15) is 0 Å². The number of aliphatic carboxylic acids is 1. The summed E-state index contributed by atoms with van der Waals surface area (Å²) in [5, 5.41) is 19.1. The molecule has 6 rings (SSSR count). The van der Waals surface area contributed by atoms with Crippen molar-refractivity contribution in [1.82, 2.24) is 15.2 Å². The Morgan fingerprint density at radius 1 is 0.754 bits per heavy atom. The number of carboxylic acids is 1. The number of esters is 1. The first kappa shape index (κ1) is 43.8. The van der Waals surface area contributed by atoms with E-state index in [0.717, 1.165) is 20.9 Å². The summed E-state index contributed by atoms with van der Waals surface area (Å²) in [5.74, 6) is -3.32. The van der Waals surface area contributed by atoms with Crippen molar-refractivity contribution < 1.29 is 43.3 Å². The molecule has 0 saturated carbocycles. The number of benzene rings is 5. The number of hydrogen-bond acceptors (Lipinski definition) is 8. The number of methoxy groups -OCH3 is 1. The van der Waals surface area contributed by atoms with Gasteiger partial charge in [-0.25, -0.2) is 4.79 Å². The van der Waals surface area contributed by atoms with Crippen LogP contribution in [-0.2, 0) is 41.3 Å². The van der Waals surface area contributed by atoms with Crippen molar-refractivity contribution in [2.24, 2.45) is 0 Å². The largest absolute Gasteiger partial charge is 0.497 e. The van der Waals surface area contributed by atoms with Crippen LogP contribution in [0.3, 0.4) is 0 Å². The Hall–Kier alpha value is -6.81. The van der Waals surface area contributed by atoms with Gasteiger partial charge in [0, 0.05) is 45.3 Å². The number of ether oxygens (including phenoxy) is 2. The van der Waals surface area contributed by atoms with Gasteiger partial charge in [-0.1, -0.05) is 95.4 Å². The van der Waals surface area contributed by atoms with Crippen molar-refractivity contribution in [3.05, 3.63) is 166 Å². The number of carboxylic acid groups (broad SMARTS) is 1. The summed E-state index contributed by atoms with van der Waals surface area (Å²) < 4.78 is 13.3. The quantitative estimate of drug-likeness (QED) is 0.0414. The minimum atomic E-state index is -1.77. The van der Waals surface area contributed by atoms with Crippen molar-refractivity contribution in [3.63, 3.8) is 0 Å². The van der Waals surface area contributed by atoms with Crippen LogP contribution in [-0.4, -0.2) is 58.5 Å². The van der Waals surface area contributed by atoms with Crippen LogP contribution in [0.1, 0.15) is 67.5 Å². The molecule has 0 radical (unpaired) electrons. The van der Waals surface area contributed by atoms with Crippen LogP contribution in [0.4, 0.5) is 5.69 Å². The minimum absolute atomic E-state index is 0.00769. The summed E-state index contributed by atoms with van der Waals surface area (Å²) in [4.78, 5) is 78.1. The van der Waals surface area contributed by atoms with Gasteiger partial charge in [-0.05, 0) is 83.8 Å². The normalized spacial score (nSPS) is 11.9. The average Bonchev–Trinajstić information content (AvgIpc) is 3.55. The summed E-state index contributed by atoms with van der Waals surface area (Å²) in [6, 6.07) is 35.1. The molecule has 13 nitrogen and oxygen atoms in total. The molecule has 0 aliphatic carbocycles. The minimum Gasteiger partial charge on any atom is -0.497 e. The zero-order valence-corrected chi connectivity index (χ0v) is 35.5. The molecule has 6 aromatic rings. The van der Waals surface area contributed by atoms with Gasteiger partial charge in [0.15, 0.2) is 0 Å². The first-order chi connectivity index (χ1) is 29.4. The zero-order valence-electron chi connectivity index (χ0n) is 33.4. The molecule has 14 heteroatoms. The van der Waals surface area contributed by atoms with Crippen LogP contribution in [0.25, 0.3) is 10.9 Å². The summed E-state index contributed by atoms with van der Waals surface area (Å²) in [5.41, 5.74) is 5.59. The van der Waals surface area contributed by atoms with E-state index in [-0.39, 0.29) is 31.2 Å². The SMILES string of the molecule is COc1ccc2c(c1)c(CC(=O)Nc1ccc(CNC(=O)CCC(=O)O[C@@H](C(=O)O)[C@@H](NC(=O)c3ccccc3)c3ccccc3)cc1)c(C)n2C(=O)c1ccc(CI)cc1. The topological polar surface area (TPSA) is 182 Å². The van der Waals surface area contributed by atoms with Crippen LogP contribution in [0, 0.1) is 6.92 Å². The summed E-state index contributed by atoms with van der Waals surface area (Å²) in [6.45, 7) is 1.94. The van der Waals surface area contributed by atoms with Crippen LogP contribution >= 0.6 is 22.6 Å². The van der Waals surface area contributed by atoms with E-state index < -0.39 is 42.3 Å². The van der Waals surface area contributed by atoms with Gasteiger partial charge in [0.1, 0.15) is 11.8 Å². The Labute approximate surface area is 365 Å². The first-order valence-electron chi connectivity index (χ1n) is 19.3. The number of rotatable bonds is 17. The number of aromatic nitrogens is 1. The Morgan fingerprint density at radius 2 is 1.41 bits per heavy atom. The lowest BCUT2D eigenvalue weighted by molar-refractivity contribution is -0.166. The Bertz CT molecular complexity index is 2540. The smallest absolute Gasteiger partial charge is 0.347 e. The molecule has 5 aromatic carbocycles. The van der Waals surface area contributed by atoms with E-state index in [1.807, 2.05) is 43.3 Å². The number of halogens is 1. The highest BCUT2D eigenvalue weighted by Gasteiger charge is 2.35. The Balaban J connectivity index is 1.03. The zero-order chi connectivity index (χ0) is 43.5. The highest BCUT2D eigenvalue weighted by molar-refractivity contribution is 14.1. The summed E-state index contributed by atoms with van der Waals surface area (Å²) in [7, 11) is 1.56. The second kappa shape index (κ2) is 20.4. The molecule has 0 unspecified atom stereocenters. The standard InChI is InChI=1S/C47H43IN4O9/c1-29-37(38-25-36(60-2)21-22-39(38)52(29)46(57)34-17-13-30(27-48)14-18-34)26-41(54)50-35-19-15-31(16-20-35)28-49-40(53)23-24-42(55)61-44(47(58)59)43(32-9-5-3-6-10-32)51-45(56)33-11-7-4-8-12-33/h3-22,25,43-44H,23-24,26-28H2,1-2H3,(H,49,53)(H,50,54)(H,51,56)(H,58,59)/t43-,44+/m0/s1. The lowest BCUT2D eigenvalue weighted by Crippen LogP contribution is -2.43. The molecule has 0 aliphatic heterocycles. The van der Waals surface area contributed by atoms with E-state index in [1.165, 1.54) is 0 Å². The second-order valence-electron chi connectivity index (χ2n) is 14.1. The van der Waals surface area contributed by atoms with Crippen molar-refractivity contribution in [3.8, 4) is 5.75 Å². The van der Waals surface area contributed by atoms with E-state index in [4.69, 9.17) is 9.47 Å². The lowest BCUT2D eigenvalue weighted by atomic mass is 10.0. The molecule has 0 aliphatic rings. The number of fused-ring (bicyclic) bond motifs is 1. The van der Waals surface area contributed by atoms with Gasteiger partial charge in [0.05, 0.1) is 25.5 Å². The summed E-state index contributed by atoms with van der Waals surface area (Å²) >= 11 is 2.27. The van der Waals surface area contributed by atoms with Gasteiger partial charge in [0.25, 0.3) is 11.8 Å². The Kier molecular flexibility index (Phi) is 14.7. The number of alkyl halides is 1. The molecule has 0 spiro atoms. The fraction of sp³-hybridized carbons (Fsp3) is 0.191. The van der Waals surface area contributed by atoms with Crippen LogP contribution in [0.5, 0.6) is 5.75 Å². The number of carbonyl (C=O) groups is 6. The fourth-order valence-corrected chi connectivity index (χ4v) is 7.29. The molecule has 1 aromatic heterocycles. The van der Waals surface area contributed by atoms with E-state index in [9.17, 15) is 33.9 Å². The highest BCUT2D eigenvalue weighted by Crippen LogP contribution is 2.31. The van der Waals surface area contributed by atoms with Crippen LogP contribution in [0.15, 0.2) is 127 Å². The Morgan fingerprint density at radius 3 is 2.05 bits per heavy atom. The number of anilines is 1. The van der Waals surface area contributed by atoms with E-state index in [2.05, 4.69) is 38.5 Å². The summed E-state index contributed by atoms with van der Waals surface area (Å²) in [6.07, 6.45) is -2.45. The molecule has 2 atom stereocenters. The number of carbonyl (C=O) groups excluding carboxylic acids is 5. The van der Waals surface area contributed by atoms with Gasteiger partial charge in [-0.3, -0.25) is 28.5 Å². The maximum absolute atomic E-state index is 13.8. The number of nitrogens with one attached hydrogen (secondary N) is 3. The molecule has 0 bridgehead atoms. The molecule has 312 valence electrons. The first-order valence-corrected chi connectivity index (χ1v) is 20.8. The molecular weight excluding hydrogens is 891 g/mol. The lowest BCUT2D eigenvalue weighted by Gasteiger charge is -2.25. The van der Waals surface area contributed by atoms with E-state index in [0.29, 0.717) is 44.9 Å². The molecule has 61 heavy (non-hydrogen) atoms. The van der Waals surface area contributed by atoms with Gasteiger partial charge >= 0.3 is 11.9 Å². The maximum Gasteiger partial charge on any atom is 0.347 e. The van der Waals surface area contributed by atoms with Crippen molar-refractivity contribution in [2.45, 2.75) is 49.3 Å². The number of nitrogens with zero attached hydrogens (tertiary/aromatic N) is 1. The van der Waals surface area contributed by atoms with Crippen molar-refractivity contribution in [2.75, 3.05) is 12.4 Å². The van der Waals surface area contributed by atoms with Crippen molar-refractivity contribution in [1.29, 1.82) is 0 Å². The molecule has 3 amide bonds. The van der Waals surface area contributed by atoms with Crippen LogP contribution in [0.2, 0.25) is 0 Å². The number of amides is 3. The van der Waals surface area contributed by atoms with Gasteiger partial charge in [-0.15, -0.1) is 0 Å². The average molecular weight is 935 g/mol. The van der Waals surface area contributed by atoms with Gasteiger partial charge in [0.2, 0.25) is 17.9 Å². The number of hydrogen-bond donors (Lipinski definition) is 4. The van der Waals surface area contributed by atoms with Crippen molar-refractivity contribution >= 4 is 74.7 Å². The van der Waals surface area contributed by atoms with E-state index in [1.54, 1.807) is 103 Å². The van der Waals surface area contributed by atoms with Gasteiger partial charge < -0.3 is 30.5 Å². The third kappa shape index (κ3) is 11.1. The molecule has 4 N–H and O–H groups in total. The monoisotopic (exact) mass is 934 g/mol. The maximum atomic E-state index is 13.8. The second-order valence-corrected chi connectivity index (χ2v) is 14.9.